The number of methoxy groups -OCH3 is 1. The Morgan fingerprint density at radius 1 is 1.47 bits per heavy atom. The summed E-state index contributed by atoms with van der Waals surface area (Å²) in [5, 5.41) is 12.7. The van der Waals surface area contributed by atoms with Gasteiger partial charge in [-0.05, 0) is 47.9 Å². The van der Waals surface area contributed by atoms with Gasteiger partial charge < -0.3 is 9.84 Å². The molecule has 2 nitrogen and oxygen atoms in total. The van der Waals surface area contributed by atoms with Gasteiger partial charge in [-0.1, -0.05) is 0 Å². The summed E-state index contributed by atoms with van der Waals surface area (Å²) >= 11 is 1.69. The van der Waals surface area contributed by atoms with E-state index < -0.39 is 0 Å². The number of rotatable bonds is 3. The van der Waals surface area contributed by atoms with Crippen LogP contribution in [0.1, 0.15) is 12.5 Å². The molecule has 0 spiro atoms. The van der Waals surface area contributed by atoms with Crippen LogP contribution >= 0.6 is 11.3 Å². The molecule has 0 aliphatic heterocycles. The van der Waals surface area contributed by atoms with Crippen LogP contribution in [0.4, 0.5) is 0 Å². The Hall–Kier alpha value is -1.06. The molecule has 0 saturated carbocycles. The first-order chi connectivity index (χ1) is 7.20. The standard InChI is InChI=1S/C12H14O2S/c1-8(13)5-9-7-15-12-6-10(14-2)3-4-11(9)12/h3-4,6-8,13H,5H2,1-2H3. The summed E-state index contributed by atoms with van der Waals surface area (Å²) in [5.41, 5.74) is 1.22. The van der Waals surface area contributed by atoms with Crippen LogP contribution in [0.15, 0.2) is 23.6 Å². The normalized spacial score (nSPS) is 13.0. The minimum atomic E-state index is -0.287. The number of aliphatic hydroxyl groups excluding tert-OH is 1. The predicted octanol–water partition coefficient (Wildman–Crippen LogP) is 2.83. The molecule has 1 atom stereocenters. The lowest BCUT2D eigenvalue weighted by molar-refractivity contribution is 0.196. The van der Waals surface area contributed by atoms with Gasteiger partial charge in [0, 0.05) is 4.70 Å². The van der Waals surface area contributed by atoms with Gasteiger partial charge in [-0.15, -0.1) is 11.3 Å². The van der Waals surface area contributed by atoms with Crippen LogP contribution in [-0.4, -0.2) is 18.3 Å². The first-order valence-electron chi connectivity index (χ1n) is 4.93. The molecular formula is C12H14O2S. The smallest absolute Gasteiger partial charge is 0.120 e. The summed E-state index contributed by atoms with van der Waals surface area (Å²) in [6.45, 7) is 1.81. The Bertz CT molecular complexity index is 460. The molecule has 15 heavy (non-hydrogen) atoms. The number of benzene rings is 1. The zero-order valence-corrected chi connectivity index (χ0v) is 9.67. The highest BCUT2D eigenvalue weighted by atomic mass is 32.1. The van der Waals surface area contributed by atoms with E-state index in [1.807, 2.05) is 19.1 Å². The molecule has 0 aliphatic rings. The van der Waals surface area contributed by atoms with Gasteiger partial charge in [0.05, 0.1) is 13.2 Å². The van der Waals surface area contributed by atoms with E-state index in [1.54, 1.807) is 18.4 Å². The molecule has 1 aromatic heterocycles. The van der Waals surface area contributed by atoms with Crippen LogP contribution in [0.5, 0.6) is 5.75 Å². The minimum absolute atomic E-state index is 0.287. The van der Waals surface area contributed by atoms with Gasteiger partial charge in [0.25, 0.3) is 0 Å². The lowest BCUT2D eigenvalue weighted by atomic mass is 10.1. The van der Waals surface area contributed by atoms with Crippen LogP contribution in [-0.2, 0) is 6.42 Å². The van der Waals surface area contributed by atoms with Gasteiger partial charge in [-0.2, -0.15) is 0 Å². The van der Waals surface area contributed by atoms with Crippen molar-refractivity contribution in [2.45, 2.75) is 19.4 Å². The maximum Gasteiger partial charge on any atom is 0.120 e. The highest BCUT2D eigenvalue weighted by Crippen LogP contribution is 2.30. The van der Waals surface area contributed by atoms with E-state index in [0.29, 0.717) is 6.42 Å². The van der Waals surface area contributed by atoms with Gasteiger partial charge in [0.15, 0.2) is 0 Å². The van der Waals surface area contributed by atoms with Crippen molar-refractivity contribution >= 4 is 21.4 Å². The number of fused-ring (bicyclic) bond motifs is 1. The van der Waals surface area contributed by atoms with Crippen molar-refractivity contribution in [3.8, 4) is 5.75 Å². The maximum atomic E-state index is 9.36. The zero-order valence-electron chi connectivity index (χ0n) is 8.86. The largest absolute Gasteiger partial charge is 0.497 e. The fraction of sp³-hybridized carbons (Fsp3) is 0.333. The van der Waals surface area contributed by atoms with Gasteiger partial charge in [0.2, 0.25) is 0 Å². The minimum Gasteiger partial charge on any atom is -0.497 e. The molecule has 0 bridgehead atoms. The Morgan fingerprint density at radius 2 is 2.27 bits per heavy atom. The predicted molar refractivity (Wildman–Crippen MR) is 63.8 cm³/mol. The van der Waals surface area contributed by atoms with Crippen molar-refractivity contribution in [3.63, 3.8) is 0 Å². The second-order valence-electron chi connectivity index (χ2n) is 3.68. The summed E-state index contributed by atoms with van der Waals surface area (Å²) in [6.07, 6.45) is 0.427. The molecule has 0 amide bonds. The van der Waals surface area contributed by atoms with E-state index in [-0.39, 0.29) is 6.10 Å². The average Bonchev–Trinajstić information content (AvgIpc) is 2.60. The molecule has 2 aromatic rings. The molecular weight excluding hydrogens is 208 g/mol. The van der Waals surface area contributed by atoms with Crippen molar-refractivity contribution in [1.29, 1.82) is 0 Å². The third-order valence-electron chi connectivity index (χ3n) is 2.38. The van der Waals surface area contributed by atoms with Crippen LogP contribution in [0.25, 0.3) is 10.1 Å². The summed E-state index contributed by atoms with van der Waals surface area (Å²) in [7, 11) is 1.67. The van der Waals surface area contributed by atoms with E-state index in [1.165, 1.54) is 15.6 Å². The molecule has 3 heteroatoms. The molecule has 2 rings (SSSR count). The SMILES string of the molecule is COc1ccc2c(CC(C)O)csc2c1. The number of aliphatic hydroxyl groups is 1. The topological polar surface area (TPSA) is 29.5 Å². The number of hydrogen-bond donors (Lipinski definition) is 1. The van der Waals surface area contributed by atoms with Crippen molar-refractivity contribution < 1.29 is 9.84 Å². The van der Waals surface area contributed by atoms with E-state index >= 15 is 0 Å². The second kappa shape index (κ2) is 4.21. The second-order valence-corrected chi connectivity index (χ2v) is 4.59. The molecule has 1 aromatic carbocycles. The summed E-state index contributed by atoms with van der Waals surface area (Å²) in [5.74, 6) is 0.882. The lowest BCUT2D eigenvalue weighted by Crippen LogP contribution is -2.03. The summed E-state index contributed by atoms with van der Waals surface area (Å²) in [4.78, 5) is 0. The van der Waals surface area contributed by atoms with E-state index in [0.717, 1.165) is 5.75 Å². The van der Waals surface area contributed by atoms with Crippen LogP contribution < -0.4 is 4.74 Å². The van der Waals surface area contributed by atoms with Crippen LogP contribution in [0.3, 0.4) is 0 Å². The first kappa shape index (κ1) is 10.5. The third-order valence-corrected chi connectivity index (χ3v) is 3.37. The van der Waals surface area contributed by atoms with Crippen LogP contribution in [0.2, 0.25) is 0 Å². The van der Waals surface area contributed by atoms with Gasteiger partial charge >= 0.3 is 0 Å². The van der Waals surface area contributed by atoms with Gasteiger partial charge in [-0.3, -0.25) is 0 Å². The highest BCUT2D eigenvalue weighted by Gasteiger charge is 2.07. The Balaban J connectivity index is 2.43. The van der Waals surface area contributed by atoms with Crippen molar-refractivity contribution in [3.05, 3.63) is 29.1 Å². The molecule has 1 unspecified atom stereocenters. The molecule has 1 heterocycles. The van der Waals surface area contributed by atoms with Crippen molar-refractivity contribution in [2.24, 2.45) is 0 Å². The third kappa shape index (κ3) is 2.13. The molecule has 0 fully saturated rings. The number of hydrogen-bond acceptors (Lipinski definition) is 3. The van der Waals surface area contributed by atoms with Crippen molar-refractivity contribution in [2.75, 3.05) is 7.11 Å². The summed E-state index contributed by atoms with van der Waals surface area (Å²) in [6, 6.07) is 6.05. The first-order valence-corrected chi connectivity index (χ1v) is 5.81. The molecule has 1 N–H and O–H groups in total. The number of thiophene rings is 1. The Labute approximate surface area is 93.1 Å². The quantitative estimate of drug-likeness (QED) is 0.865. The maximum absolute atomic E-state index is 9.36. The molecule has 0 saturated heterocycles. The number of ether oxygens (including phenoxy) is 1. The molecule has 0 aliphatic carbocycles. The summed E-state index contributed by atoms with van der Waals surface area (Å²) < 4.78 is 6.38. The fourth-order valence-electron chi connectivity index (χ4n) is 1.67. The lowest BCUT2D eigenvalue weighted by Gasteiger charge is -2.03. The van der Waals surface area contributed by atoms with Crippen molar-refractivity contribution in [1.82, 2.24) is 0 Å². The molecule has 80 valence electrons. The Morgan fingerprint density at radius 3 is 2.93 bits per heavy atom. The van der Waals surface area contributed by atoms with E-state index in [2.05, 4.69) is 11.4 Å². The zero-order chi connectivity index (χ0) is 10.8. The highest BCUT2D eigenvalue weighted by molar-refractivity contribution is 7.17. The van der Waals surface area contributed by atoms with E-state index in [4.69, 9.17) is 4.74 Å². The average molecular weight is 222 g/mol. The molecule has 0 radical (unpaired) electrons. The van der Waals surface area contributed by atoms with Gasteiger partial charge in [0.1, 0.15) is 5.75 Å². The monoisotopic (exact) mass is 222 g/mol. The Kier molecular flexibility index (Phi) is 2.93. The van der Waals surface area contributed by atoms with Gasteiger partial charge in [-0.25, -0.2) is 0 Å². The van der Waals surface area contributed by atoms with Crippen LogP contribution in [0, 0.1) is 0 Å². The van der Waals surface area contributed by atoms with E-state index in [9.17, 15) is 5.11 Å². The fourth-order valence-corrected chi connectivity index (χ4v) is 2.67.